The Morgan fingerprint density at radius 3 is 2.56 bits per heavy atom. The molecule has 282 valence electrons. The molecule has 2 aliphatic heterocycles. The normalized spacial score (nSPS) is 30.2. The Morgan fingerprint density at radius 1 is 1.15 bits per heavy atom. The monoisotopic (exact) mass is 743 g/mol. The number of benzene rings is 1. The predicted molar refractivity (Wildman–Crippen MR) is 188 cm³/mol. The topological polar surface area (TPSA) is 193 Å². The third-order valence-electron chi connectivity index (χ3n) is 10.8. The molecule has 52 heavy (non-hydrogen) atoms. The van der Waals surface area contributed by atoms with Gasteiger partial charge in [0.05, 0.1) is 19.3 Å². The number of amides is 4. The molecule has 16 heteroatoms. The number of aromatic nitrogens is 1. The molecule has 2 aliphatic carbocycles. The highest BCUT2D eigenvalue weighted by Crippen LogP contribution is 2.48. The first-order valence-corrected chi connectivity index (χ1v) is 19.3. The third-order valence-corrected chi connectivity index (χ3v) is 13.0. The van der Waals surface area contributed by atoms with Gasteiger partial charge in [-0.1, -0.05) is 44.2 Å². The van der Waals surface area contributed by atoms with Gasteiger partial charge in [-0.3, -0.25) is 19.1 Å². The van der Waals surface area contributed by atoms with Crippen LogP contribution in [0.3, 0.4) is 0 Å². The Hall–Kier alpha value is -4.47. The first kappa shape index (κ1) is 37.3. The number of ether oxygens (including phenoxy) is 2. The second kappa shape index (κ2) is 14.5. The number of rotatable bonds is 9. The number of carbonyl (C=O) groups excluding carboxylic acids is 3. The van der Waals surface area contributed by atoms with Gasteiger partial charge in [0.15, 0.2) is 0 Å². The number of pyridine rings is 1. The molecule has 1 aromatic heterocycles. The van der Waals surface area contributed by atoms with Crippen molar-refractivity contribution < 1.29 is 46.6 Å². The molecule has 1 saturated heterocycles. The van der Waals surface area contributed by atoms with Crippen LogP contribution in [0.15, 0.2) is 42.6 Å². The smallest absolute Gasteiger partial charge is 0.405 e. The number of fused-ring (bicyclic) bond motifs is 3. The van der Waals surface area contributed by atoms with Gasteiger partial charge in [0.2, 0.25) is 27.7 Å². The van der Waals surface area contributed by atoms with Crippen molar-refractivity contribution in [2.45, 2.75) is 94.2 Å². The molecule has 4 aliphatic rings. The van der Waals surface area contributed by atoms with Crippen molar-refractivity contribution >= 4 is 44.6 Å². The maximum Gasteiger partial charge on any atom is 0.405 e. The van der Waals surface area contributed by atoms with Crippen molar-refractivity contribution in [1.82, 2.24) is 25.2 Å². The second-order valence-corrected chi connectivity index (χ2v) is 16.7. The fourth-order valence-electron chi connectivity index (χ4n) is 7.55. The molecule has 0 unspecified atom stereocenters. The summed E-state index contributed by atoms with van der Waals surface area (Å²) in [5, 5.41) is 16.3. The number of sulfonamides is 1. The molecule has 1 aromatic carbocycles. The van der Waals surface area contributed by atoms with E-state index in [0.717, 1.165) is 5.39 Å². The van der Waals surface area contributed by atoms with Crippen LogP contribution in [-0.2, 0) is 24.4 Å². The van der Waals surface area contributed by atoms with Gasteiger partial charge in [-0.2, -0.15) is 0 Å². The molecule has 0 bridgehead atoms. The van der Waals surface area contributed by atoms with Gasteiger partial charge in [0.25, 0.3) is 5.91 Å². The van der Waals surface area contributed by atoms with E-state index in [1.54, 1.807) is 13.0 Å². The quantitative estimate of drug-likeness (QED) is 0.277. The highest BCUT2D eigenvalue weighted by Gasteiger charge is 2.64. The summed E-state index contributed by atoms with van der Waals surface area (Å²) in [6, 6.07) is 4.93. The van der Waals surface area contributed by atoms with Crippen molar-refractivity contribution in [3.63, 3.8) is 0 Å². The molecule has 14 nitrogen and oxygen atoms in total. The molecule has 0 radical (unpaired) electrons. The lowest BCUT2D eigenvalue weighted by Gasteiger charge is -2.32. The van der Waals surface area contributed by atoms with Gasteiger partial charge in [-0.05, 0) is 63.4 Å². The fourth-order valence-corrected chi connectivity index (χ4v) is 8.97. The molecular formula is C36H46FN5O9S. The summed E-state index contributed by atoms with van der Waals surface area (Å²) in [6.07, 6.45) is 5.07. The number of halogens is 1. The van der Waals surface area contributed by atoms with Gasteiger partial charge in [-0.15, -0.1) is 0 Å². The summed E-state index contributed by atoms with van der Waals surface area (Å²) in [5.74, 6) is -2.42. The van der Waals surface area contributed by atoms with Crippen LogP contribution in [0.25, 0.3) is 10.8 Å². The zero-order chi connectivity index (χ0) is 37.4. The molecule has 0 spiro atoms. The molecule has 4 N–H and O–H groups in total. The van der Waals surface area contributed by atoms with Crippen molar-refractivity contribution in [2.24, 2.45) is 17.8 Å². The maximum atomic E-state index is 14.4. The molecule has 3 heterocycles. The lowest BCUT2D eigenvalue weighted by Crippen LogP contribution is -2.59. The van der Waals surface area contributed by atoms with E-state index in [2.05, 4.69) is 20.3 Å². The van der Waals surface area contributed by atoms with Gasteiger partial charge < -0.3 is 30.1 Å². The average molecular weight is 744 g/mol. The first-order valence-electron chi connectivity index (χ1n) is 17.8. The Labute approximate surface area is 301 Å². The van der Waals surface area contributed by atoms with Crippen LogP contribution in [-0.4, -0.2) is 95.5 Å². The number of carbonyl (C=O) groups is 4. The van der Waals surface area contributed by atoms with Crippen LogP contribution in [0.1, 0.15) is 65.7 Å². The van der Waals surface area contributed by atoms with Crippen LogP contribution >= 0.6 is 0 Å². The molecule has 2 aromatic rings. The number of nitrogens with one attached hydrogen (secondary N) is 3. The van der Waals surface area contributed by atoms with Gasteiger partial charge in [0, 0.05) is 23.1 Å². The van der Waals surface area contributed by atoms with Crippen LogP contribution in [0.4, 0.5) is 9.18 Å². The van der Waals surface area contributed by atoms with E-state index >= 15 is 0 Å². The fraction of sp³-hybridized carbons (Fsp3) is 0.583. The minimum Gasteiger partial charge on any atom is -0.492 e. The summed E-state index contributed by atoms with van der Waals surface area (Å²) in [6.45, 7) is 4.83. The number of carboxylic acid groups (broad SMARTS) is 1. The lowest BCUT2D eigenvalue weighted by molar-refractivity contribution is -0.142. The summed E-state index contributed by atoms with van der Waals surface area (Å²) >= 11 is 0. The standard InChI is InChI=1S/C36H46FN5O9S/c1-4-50-28-18-38-31(26-12-8-7-11-25(26)28)51-24-16-27-30(43)40-36(33(45)41-52(48,49)35(20-37)13-14-35)17-23(36)10-6-5-9-21(2)15-22(3)29(39-34(46)47)32(44)42(27)19-24/h6-8,10-12,18,21-24,27,29,39H,4-5,9,13-17,19-20H2,1-3H3,(H,40,43)(H,41,45)(H,46,47)/t21-,22+,23+,24+,27-,29-,36+/m0/s1. The highest BCUT2D eigenvalue weighted by atomic mass is 32.2. The Bertz CT molecular complexity index is 1870. The summed E-state index contributed by atoms with van der Waals surface area (Å²) in [7, 11) is -4.38. The van der Waals surface area contributed by atoms with Crippen molar-refractivity contribution in [3.05, 3.63) is 42.6 Å². The summed E-state index contributed by atoms with van der Waals surface area (Å²) in [5.41, 5.74) is -1.66. The zero-order valence-electron chi connectivity index (χ0n) is 29.5. The molecule has 7 atom stereocenters. The number of allylic oxidation sites excluding steroid dienone is 1. The van der Waals surface area contributed by atoms with E-state index in [4.69, 9.17) is 9.47 Å². The minimum absolute atomic E-state index is 0.0349. The average Bonchev–Trinajstić information content (AvgIpc) is 4.01. The van der Waals surface area contributed by atoms with Crippen molar-refractivity contribution in [1.29, 1.82) is 0 Å². The van der Waals surface area contributed by atoms with Gasteiger partial charge in [0.1, 0.15) is 40.9 Å². The van der Waals surface area contributed by atoms with E-state index in [-0.39, 0.29) is 44.0 Å². The van der Waals surface area contributed by atoms with Crippen LogP contribution < -0.4 is 24.8 Å². The number of hydrogen-bond donors (Lipinski definition) is 4. The Kier molecular flexibility index (Phi) is 10.4. The third kappa shape index (κ3) is 7.26. The maximum absolute atomic E-state index is 14.4. The molecule has 3 fully saturated rings. The van der Waals surface area contributed by atoms with Gasteiger partial charge >= 0.3 is 6.09 Å². The first-order chi connectivity index (χ1) is 24.7. The van der Waals surface area contributed by atoms with Crippen molar-refractivity contribution in [2.75, 3.05) is 19.8 Å². The Morgan fingerprint density at radius 2 is 1.88 bits per heavy atom. The van der Waals surface area contributed by atoms with E-state index in [1.807, 2.05) is 44.2 Å². The second-order valence-electron chi connectivity index (χ2n) is 14.7. The molecule has 6 rings (SSSR count). The molecular weight excluding hydrogens is 697 g/mol. The molecule has 4 amide bonds. The number of nitrogens with zero attached hydrogens (tertiary/aromatic N) is 2. The van der Waals surface area contributed by atoms with E-state index in [9.17, 15) is 37.1 Å². The predicted octanol–water partition coefficient (Wildman–Crippen LogP) is 3.45. The molecule has 2 saturated carbocycles. The zero-order valence-corrected chi connectivity index (χ0v) is 30.3. The van der Waals surface area contributed by atoms with Crippen molar-refractivity contribution in [3.8, 4) is 11.6 Å². The summed E-state index contributed by atoms with van der Waals surface area (Å²) < 4.78 is 52.4. The van der Waals surface area contributed by atoms with Gasteiger partial charge in [-0.25, -0.2) is 22.6 Å². The minimum atomic E-state index is -4.38. The van der Waals surface area contributed by atoms with Crippen LogP contribution in [0.5, 0.6) is 11.6 Å². The van der Waals surface area contributed by atoms with E-state index in [0.29, 0.717) is 37.0 Å². The van der Waals surface area contributed by atoms with Crippen LogP contribution in [0, 0.1) is 17.8 Å². The Balaban J connectivity index is 1.34. The number of hydrogen-bond acceptors (Lipinski definition) is 9. The van der Waals surface area contributed by atoms with E-state index in [1.165, 1.54) is 11.1 Å². The SMILES string of the molecule is CCOc1cnc(O[C@@H]2C[C@H]3C(=O)N[C@]4(C(=O)NS(=O)(=O)C5(CF)CC5)C[C@H]4C=CCC[C@H](C)C[C@@H](C)[C@H](NC(=O)O)C(=O)N3C2)c2ccccc12. The van der Waals surface area contributed by atoms with Crippen LogP contribution in [0.2, 0.25) is 0 Å². The lowest BCUT2D eigenvalue weighted by atomic mass is 9.88. The highest BCUT2D eigenvalue weighted by molar-refractivity contribution is 7.91. The largest absolute Gasteiger partial charge is 0.492 e. The number of alkyl halides is 1. The van der Waals surface area contributed by atoms with E-state index < -0.39 is 80.8 Å². The summed E-state index contributed by atoms with van der Waals surface area (Å²) in [4.78, 5) is 60.2.